The van der Waals surface area contributed by atoms with Crippen LogP contribution in [0.2, 0.25) is 0 Å². The third-order valence-electron chi connectivity index (χ3n) is 3.72. The lowest BCUT2D eigenvalue weighted by Gasteiger charge is -2.14. The van der Waals surface area contributed by atoms with Crippen LogP contribution in [0.5, 0.6) is 0 Å². The SMILES string of the molecule is CSCCC(Cc1ccn(C2CCCC2)n1)NN. The number of aromatic nitrogens is 2. The molecule has 1 unspecified atom stereocenters. The van der Waals surface area contributed by atoms with Gasteiger partial charge in [0, 0.05) is 18.7 Å². The summed E-state index contributed by atoms with van der Waals surface area (Å²) < 4.78 is 2.16. The summed E-state index contributed by atoms with van der Waals surface area (Å²) in [5, 5.41) is 4.70. The number of nitrogens with two attached hydrogens (primary N) is 1. The first-order chi connectivity index (χ1) is 8.83. The average Bonchev–Trinajstić information content (AvgIpc) is 3.04. The summed E-state index contributed by atoms with van der Waals surface area (Å²) in [6, 6.07) is 3.11. The molecule has 0 aromatic carbocycles. The second kappa shape index (κ2) is 7.16. The van der Waals surface area contributed by atoms with Crippen molar-refractivity contribution in [3.05, 3.63) is 18.0 Å². The molecule has 3 N–H and O–H groups in total. The summed E-state index contributed by atoms with van der Waals surface area (Å²) in [6.45, 7) is 0. The number of thioether (sulfide) groups is 1. The van der Waals surface area contributed by atoms with Gasteiger partial charge in [0.1, 0.15) is 0 Å². The van der Waals surface area contributed by atoms with Crippen LogP contribution in [0.4, 0.5) is 0 Å². The molecule has 0 spiro atoms. The highest BCUT2D eigenvalue weighted by atomic mass is 32.2. The molecular weight excluding hydrogens is 244 g/mol. The van der Waals surface area contributed by atoms with Gasteiger partial charge in [-0.2, -0.15) is 16.9 Å². The molecule has 18 heavy (non-hydrogen) atoms. The molecule has 0 amide bonds. The molecule has 1 aliphatic carbocycles. The van der Waals surface area contributed by atoms with Gasteiger partial charge in [0.25, 0.3) is 0 Å². The maximum atomic E-state index is 5.60. The molecule has 5 heteroatoms. The Morgan fingerprint density at radius 2 is 2.33 bits per heavy atom. The first kappa shape index (κ1) is 13.9. The first-order valence-electron chi connectivity index (χ1n) is 6.82. The second-order valence-corrected chi connectivity index (χ2v) is 6.06. The fourth-order valence-electron chi connectivity index (χ4n) is 2.62. The predicted octanol–water partition coefficient (Wildman–Crippen LogP) is 2.13. The van der Waals surface area contributed by atoms with Crippen LogP contribution in [-0.2, 0) is 6.42 Å². The Labute approximate surface area is 114 Å². The molecule has 1 heterocycles. The van der Waals surface area contributed by atoms with Crippen molar-refractivity contribution in [3.63, 3.8) is 0 Å². The number of hydrogen-bond donors (Lipinski definition) is 2. The van der Waals surface area contributed by atoms with Gasteiger partial charge < -0.3 is 0 Å². The standard InChI is InChI=1S/C13H24N4S/c1-18-9-7-11(15-14)10-12-6-8-17(16-12)13-4-2-3-5-13/h6,8,11,13,15H,2-5,7,9-10,14H2,1H3. The number of hydrazine groups is 1. The van der Waals surface area contributed by atoms with Crippen LogP contribution in [0, 0.1) is 0 Å². The van der Waals surface area contributed by atoms with Gasteiger partial charge >= 0.3 is 0 Å². The van der Waals surface area contributed by atoms with Gasteiger partial charge in [-0.1, -0.05) is 12.8 Å². The topological polar surface area (TPSA) is 55.9 Å². The zero-order chi connectivity index (χ0) is 12.8. The summed E-state index contributed by atoms with van der Waals surface area (Å²) in [4.78, 5) is 0. The fourth-order valence-corrected chi connectivity index (χ4v) is 3.14. The van der Waals surface area contributed by atoms with Crippen LogP contribution in [0.1, 0.15) is 43.8 Å². The first-order valence-corrected chi connectivity index (χ1v) is 8.22. The monoisotopic (exact) mass is 268 g/mol. The molecular formula is C13H24N4S. The largest absolute Gasteiger partial charge is 0.271 e. The molecule has 0 saturated heterocycles. The van der Waals surface area contributed by atoms with Crippen molar-refractivity contribution in [3.8, 4) is 0 Å². The Hall–Kier alpha value is -0.520. The van der Waals surface area contributed by atoms with E-state index in [1.807, 2.05) is 11.8 Å². The van der Waals surface area contributed by atoms with Crippen molar-refractivity contribution in [2.24, 2.45) is 5.84 Å². The van der Waals surface area contributed by atoms with Crippen molar-refractivity contribution in [2.75, 3.05) is 12.0 Å². The van der Waals surface area contributed by atoms with E-state index < -0.39 is 0 Å². The van der Waals surface area contributed by atoms with Crippen LogP contribution < -0.4 is 11.3 Å². The molecule has 0 bridgehead atoms. The molecule has 1 aromatic rings. The minimum atomic E-state index is 0.337. The number of hydrogen-bond acceptors (Lipinski definition) is 4. The van der Waals surface area contributed by atoms with Gasteiger partial charge in [-0.3, -0.25) is 16.0 Å². The van der Waals surface area contributed by atoms with E-state index in [4.69, 9.17) is 10.9 Å². The highest BCUT2D eigenvalue weighted by Crippen LogP contribution is 2.28. The van der Waals surface area contributed by atoms with E-state index in [-0.39, 0.29) is 0 Å². The van der Waals surface area contributed by atoms with Crippen LogP contribution in [0.3, 0.4) is 0 Å². The zero-order valence-corrected chi connectivity index (χ0v) is 12.0. The van der Waals surface area contributed by atoms with Gasteiger partial charge in [0.05, 0.1) is 11.7 Å². The van der Waals surface area contributed by atoms with Crippen LogP contribution in [0.25, 0.3) is 0 Å². The lowest BCUT2D eigenvalue weighted by molar-refractivity contribution is 0.454. The predicted molar refractivity (Wildman–Crippen MR) is 77.5 cm³/mol. The maximum Gasteiger partial charge on any atom is 0.0640 e. The number of nitrogens with zero attached hydrogens (tertiary/aromatic N) is 2. The van der Waals surface area contributed by atoms with E-state index in [2.05, 4.69) is 28.6 Å². The molecule has 1 atom stereocenters. The number of nitrogens with one attached hydrogen (secondary N) is 1. The summed E-state index contributed by atoms with van der Waals surface area (Å²) in [5.41, 5.74) is 4.06. The third-order valence-corrected chi connectivity index (χ3v) is 4.37. The Kier molecular flexibility index (Phi) is 5.53. The van der Waals surface area contributed by atoms with E-state index in [0.29, 0.717) is 12.1 Å². The van der Waals surface area contributed by atoms with E-state index >= 15 is 0 Å². The van der Waals surface area contributed by atoms with Crippen molar-refractivity contribution in [1.82, 2.24) is 15.2 Å². The Morgan fingerprint density at radius 1 is 1.56 bits per heavy atom. The normalized spacial score (nSPS) is 18.3. The van der Waals surface area contributed by atoms with Crippen LogP contribution in [0.15, 0.2) is 12.3 Å². The van der Waals surface area contributed by atoms with Gasteiger partial charge in [0.2, 0.25) is 0 Å². The van der Waals surface area contributed by atoms with Crippen molar-refractivity contribution < 1.29 is 0 Å². The molecule has 1 fully saturated rings. The minimum Gasteiger partial charge on any atom is -0.271 e. The van der Waals surface area contributed by atoms with E-state index in [0.717, 1.165) is 24.3 Å². The fraction of sp³-hybridized carbons (Fsp3) is 0.769. The van der Waals surface area contributed by atoms with Gasteiger partial charge in [-0.25, -0.2) is 0 Å². The molecule has 0 radical (unpaired) electrons. The summed E-state index contributed by atoms with van der Waals surface area (Å²) in [7, 11) is 0. The Balaban J connectivity index is 1.88. The highest BCUT2D eigenvalue weighted by molar-refractivity contribution is 7.98. The van der Waals surface area contributed by atoms with E-state index in [1.54, 1.807) is 0 Å². The Bertz CT molecular complexity index is 347. The van der Waals surface area contributed by atoms with Crippen molar-refractivity contribution >= 4 is 11.8 Å². The van der Waals surface area contributed by atoms with Gasteiger partial charge in [-0.05, 0) is 37.3 Å². The minimum absolute atomic E-state index is 0.337. The second-order valence-electron chi connectivity index (χ2n) is 5.07. The molecule has 1 aromatic heterocycles. The van der Waals surface area contributed by atoms with E-state index in [9.17, 15) is 0 Å². The van der Waals surface area contributed by atoms with E-state index in [1.165, 1.54) is 25.7 Å². The smallest absolute Gasteiger partial charge is 0.0640 e. The zero-order valence-electron chi connectivity index (χ0n) is 11.1. The average molecular weight is 268 g/mol. The lowest BCUT2D eigenvalue weighted by atomic mass is 10.1. The number of rotatable bonds is 7. The maximum absolute atomic E-state index is 5.60. The summed E-state index contributed by atoms with van der Waals surface area (Å²) in [6.07, 6.45) is 11.5. The van der Waals surface area contributed by atoms with Crippen LogP contribution >= 0.6 is 11.8 Å². The molecule has 1 saturated carbocycles. The quantitative estimate of drug-likeness (QED) is 0.587. The lowest BCUT2D eigenvalue weighted by Crippen LogP contribution is -2.37. The van der Waals surface area contributed by atoms with Gasteiger partial charge in [-0.15, -0.1) is 0 Å². The molecule has 4 nitrogen and oxygen atoms in total. The third kappa shape index (κ3) is 3.73. The van der Waals surface area contributed by atoms with Crippen molar-refractivity contribution in [1.29, 1.82) is 0 Å². The highest BCUT2D eigenvalue weighted by Gasteiger charge is 2.18. The van der Waals surface area contributed by atoms with Crippen molar-refractivity contribution in [2.45, 2.75) is 50.6 Å². The molecule has 102 valence electrons. The summed E-state index contributed by atoms with van der Waals surface area (Å²) in [5.74, 6) is 6.73. The Morgan fingerprint density at radius 3 is 3.00 bits per heavy atom. The van der Waals surface area contributed by atoms with Gasteiger partial charge in [0.15, 0.2) is 0 Å². The molecule has 2 rings (SSSR count). The summed E-state index contributed by atoms with van der Waals surface area (Å²) >= 11 is 1.86. The molecule has 1 aliphatic rings. The molecule has 0 aliphatic heterocycles. The van der Waals surface area contributed by atoms with Crippen LogP contribution in [-0.4, -0.2) is 27.8 Å².